The van der Waals surface area contributed by atoms with E-state index in [9.17, 15) is 4.79 Å². The molecule has 6 heteroatoms. The highest BCUT2D eigenvalue weighted by molar-refractivity contribution is 7.09. The van der Waals surface area contributed by atoms with Crippen molar-refractivity contribution in [3.05, 3.63) is 46.2 Å². The smallest absolute Gasteiger partial charge is 0.251 e. The zero-order valence-electron chi connectivity index (χ0n) is 21.3. The number of thiazole rings is 1. The van der Waals surface area contributed by atoms with E-state index in [0.29, 0.717) is 12.0 Å². The fraction of sp³-hybridized carbons (Fsp3) is 0.621. The first-order valence-electron chi connectivity index (χ1n) is 13.8. The van der Waals surface area contributed by atoms with E-state index in [1.54, 1.807) is 11.3 Å². The molecule has 2 saturated carbocycles. The molecule has 2 heterocycles. The Balaban J connectivity index is 1.40. The van der Waals surface area contributed by atoms with E-state index < -0.39 is 0 Å². The van der Waals surface area contributed by atoms with Gasteiger partial charge in [-0.25, -0.2) is 4.98 Å². The zero-order valence-corrected chi connectivity index (χ0v) is 22.2. The van der Waals surface area contributed by atoms with Gasteiger partial charge in [-0.2, -0.15) is 0 Å². The van der Waals surface area contributed by atoms with Crippen molar-refractivity contribution in [3.8, 4) is 0 Å². The maximum atomic E-state index is 13.2. The fourth-order valence-electron chi connectivity index (χ4n) is 6.37. The topological polar surface area (TPSA) is 59.8 Å². The number of nitrogens with zero attached hydrogens (tertiary/aromatic N) is 3. The molecule has 5 nitrogen and oxygen atoms in total. The van der Waals surface area contributed by atoms with Gasteiger partial charge in [0.05, 0.1) is 16.5 Å². The Morgan fingerprint density at radius 3 is 2.69 bits per heavy atom. The van der Waals surface area contributed by atoms with Gasteiger partial charge in [-0.15, -0.1) is 11.3 Å². The largest absolute Gasteiger partial charge is 0.349 e. The first-order valence-corrected chi connectivity index (χ1v) is 14.7. The molecule has 35 heavy (non-hydrogen) atoms. The van der Waals surface area contributed by atoms with E-state index in [4.69, 9.17) is 4.98 Å². The molecule has 3 atom stereocenters. The number of carbonyl (C=O) groups is 1. The highest BCUT2D eigenvalue weighted by Gasteiger charge is 2.27. The molecule has 2 fully saturated rings. The van der Waals surface area contributed by atoms with E-state index in [2.05, 4.69) is 34.8 Å². The lowest BCUT2D eigenvalue weighted by Gasteiger charge is -2.31. The van der Waals surface area contributed by atoms with Crippen LogP contribution in [0.1, 0.15) is 112 Å². The van der Waals surface area contributed by atoms with Crippen molar-refractivity contribution in [2.24, 2.45) is 11.8 Å². The van der Waals surface area contributed by atoms with Crippen LogP contribution in [0.25, 0.3) is 11.0 Å². The van der Waals surface area contributed by atoms with Crippen molar-refractivity contribution in [2.45, 2.75) is 103 Å². The van der Waals surface area contributed by atoms with Gasteiger partial charge in [0.25, 0.3) is 5.91 Å². The molecule has 0 bridgehead atoms. The number of hydrogen-bond acceptors (Lipinski definition) is 4. The summed E-state index contributed by atoms with van der Waals surface area (Å²) in [6, 6.07) is 6.88. The summed E-state index contributed by atoms with van der Waals surface area (Å²) in [6.45, 7) is 4.57. The van der Waals surface area contributed by atoms with Crippen LogP contribution in [0.15, 0.2) is 29.9 Å². The van der Waals surface area contributed by atoms with E-state index in [0.717, 1.165) is 47.6 Å². The molecule has 2 unspecified atom stereocenters. The van der Waals surface area contributed by atoms with Crippen LogP contribution in [0, 0.1) is 11.8 Å². The molecule has 3 aromatic rings. The molecule has 0 spiro atoms. The van der Waals surface area contributed by atoms with Crippen molar-refractivity contribution >= 4 is 28.3 Å². The SMILES string of the molecule is CCC(CC1CCCCC1)NC(=O)c1ccc2c(c1)nc(Cc1cncs1)n2C1CCCC[C@H]1C. The third-order valence-electron chi connectivity index (χ3n) is 8.41. The van der Waals surface area contributed by atoms with Gasteiger partial charge >= 0.3 is 0 Å². The van der Waals surface area contributed by atoms with Crippen LogP contribution in [0.4, 0.5) is 0 Å². The summed E-state index contributed by atoms with van der Waals surface area (Å²) in [5.74, 6) is 2.54. The van der Waals surface area contributed by atoms with E-state index in [1.165, 1.54) is 62.7 Å². The molecule has 188 valence electrons. The summed E-state index contributed by atoms with van der Waals surface area (Å²) < 4.78 is 2.48. The van der Waals surface area contributed by atoms with Gasteiger partial charge in [0.2, 0.25) is 0 Å². The van der Waals surface area contributed by atoms with Gasteiger partial charge < -0.3 is 9.88 Å². The number of rotatable bonds is 8. The van der Waals surface area contributed by atoms with Crippen molar-refractivity contribution in [2.75, 3.05) is 0 Å². The summed E-state index contributed by atoms with van der Waals surface area (Å²) >= 11 is 1.69. The number of amides is 1. The number of fused-ring (bicyclic) bond motifs is 1. The van der Waals surface area contributed by atoms with Gasteiger partial charge in [0.1, 0.15) is 5.82 Å². The number of aromatic nitrogens is 3. The van der Waals surface area contributed by atoms with Crippen molar-refractivity contribution in [3.63, 3.8) is 0 Å². The molecule has 0 aliphatic heterocycles. The standard InChI is InChI=1S/C29H40N4OS/c1-3-23(15-21-10-5-4-6-11-21)31-29(34)22-13-14-27-25(16-22)32-28(17-24-18-30-19-35-24)33(27)26-12-8-7-9-20(26)2/h13-14,16,18-21,23,26H,3-12,15,17H2,1-2H3,(H,31,34)/t20-,23?,26?/m1/s1. The van der Waals surface area contributed by atoms with Gasteiger partial charge in [-0.05, 0) is 55.7 Å². The summed E-state index contributed by atoms with van der Waals surface area (Å²) in [7, 11) is 0. The van der Waals surface area contributed by atoms with Crippen LogP contribution < -0.4 is 5.32 Å². The number of imidazole rings is 1. The molecule has 2 aliphatic carbocycles. The minimum absolute atomic E-state index is 0.0409. The summed E-state index contributed by atoms with van der Waals surface area (Å²) in [5, 5.41) is 3.34. The van der Waals surface area contributed by atoms with Crippen LogP contribution in [-0.2, 0) is 6.42 Å². The van der Waals surface area contributed by atoms with E-state index in [1.807, 2.05) is 23.8 Å². The second-order valence-corrected chi connectivity index (χ2v) is 11.9. The molecular formula is C29H40N4OS. The molecule has 5 rings (SSSR count). The Labute approximate surface area is 213 Å². The Bertz CT molecular complexity index is 1120. The molecule has 1 amide bonds. The second-order valence-electron chi connectivity index (χ2n) is 10.9. The van der Waals surface area contributed by atoms with Crippen molar-refractivity contribution in [1.29, 1.82) is 0 Å². The maximum Gasteiger partial charge on any atom is 0.251 e. The lowest BCUT2D eigenvalue weighted by atomic mass is 9.84. The fourth-order valence-corrected chi connectivity index (χ4v) is 6.96. The molecule has 1 aromatic carbocycles. The highest BCUT2D eigenvalue weighted by Crippen LogP contribution is 2.37. The average molecular weight is 493 g/mol. The minimum atomic E-state index is 0.0409. The Morgan fingerprint density at radius 1 is 1.14 bits per heavy atom. The highest BCUT2D eigenvalue weighted by atomic mass is 32.1. The molecule has 2 aromatic heterocycles. The third kappa shape index (κ3) is 5.63. The van der Waals surface area contributed by atoms with Crippen LogP contribution >= 0.6 is 11.3 Å². The third-order valence-corrected chi connectivity index (χ3v) is 9.19. The van der Waals surface area contributed by atoms with Gasteiger partial charge in [-0.3, -0.25) is 9.78 Å². The average Bonchev–Trinajstić information content (AvgIpc) is 3.52. The Morgan fingerprint density at radius 2 is 1.94 bits per heavy atom. The quantitative estimate of drug-likeness (QED) is 0.358. The Hall–Kier alpha value is -2.21. The molecule has 1 N–H and O–H groups in total. The first kappa shape index (κ1) is 24.5. The van der Waals surface area contributed by atoms with E-state index in [-0.39, 0.29) is 11.9 Å². The normalized spacial score (nSPS) is 22.3. The predicted molar refractivity (Wildman–Crippen MR) is 144 cm³/mol. The molecule has 0 saturated heterocycles. The molecule has 0 radical (unpaired) electrons. The monoisotopic (exact) mass is 492 g/mol. The van der Waals surface area contributed by atoms with Gasteiger partial charge in [0.15, 0.2) is 0 Å². The van der Waals surface area contributed by atoms with Crippen LogP contribution in [-0.4, -0.2) is 26.5 Å². The van der Waals surface area contributed by atoms with Gasteiger partial charge in [-0.1, -0.05) is 58.8 Å². The second kappa shape index (κ2) is 11.2. The number of hydrogen-bond donors (Lipinski definition) is 1. The van der Waals surface area contributed by atoms with Crippen LogP contribution in [0.2, 0.25) is 0 Å². The van der Waals surface area contributed by atoms with Gasteiger partial charge in [0, 0.05) is 35.1 Å². The molecular weight excluding hydrogens is 452 g/mol. The van der Waals surface area contributed by atoms with Crippen LogP contribution in [0.5, 0.6) is 0 Å². The maximum absolute atomic E-state index is 13.2. The van der Waals surface area contributed by atoms with E-state index >= 15 is 0 Å². The summed E-state index contributed by atoms with van der Waals surface area (Å²) in [5.41, 5.74) is 4.72. The summed E-state index contributed by atoms with van der Waals surface area (Å²) in [6.07, 6.45) is 16.6. The minimum Gasteiger partial charge on any atom is -0.349 e. The van der Waals surface area contributed by atoms with Crippen molar-refractivity contribution < 1.29 is 4.79 Å². The Kier molecular flexibility index (Phi) is 7.86. The lowest BCUT2D eigenvalue weighted by Crippen LogP contribution is -2.36. The molecule has 2 aliphatic rings. The van der Waals surface area contributed by atoms with Crippen molar-refractivity contribution in [1.82, 2.24) is 19.9 Å². The number of nitrogens with one attached hydrogen (secondary N) is 1. The number of benzene rings is 1. The zero-order chi connectivity index (χ0) is 24.2. The first-order chi connectivity index (χ1) is 17.1. The summed E-state index contributed by atoms with van der Waals surface area (Å²) in [4.78, 5) is 23.8. The van der Waals surface area contributed by atoms with Crippen LogP contribution in [0.3, 0.4) is 0 Å². The predicted octanol–water partition coefficient (Wildman–Crippen LogP) is 7.31. The number of carbonyl (C=O) groups excluding carboxylic acids is 1. The lowest BCUT2D eigenvalue weighted by molar-refractivity contribution is 0.0927.